The maximum atomic E-state index is 14.3. The summed E-state index contributed by atoms with van der Waals surface area (Å²) in [6, 6.07) is 9.72. The number of carbonyl (C=O) groups is 3. The second kappa shape index (κ2) is 9.52. The zero-order chi connectivity index (χ0) is 26.6. The Labute approximate surface area is 218 Å². The van der Waals surface area contributed by atoms with Crippen LogP contribution in [0.3, 0.4) is 0 Å². The molecule has 2 N–H and O–H groups in total. The summed E-state index contributed by atoms with van der Waals surface area (Å²) in [5, 5.41) is 14.9. The lowest BCUT2D eigenvalue weighted by atomic mass is 9.53. The largest absolute Gasteiger partial charge is 0.458 e. The van der Waals surface area contributed by atoms with Crippen molar-refractivity contribution in [2.24, 2.45) is 29.1 Å². The van der Waals surface area contributed by atoms with E-state index in [-0.39, 0.29) is 29.6 Å². The average molecular weight is 508 g/mol. The Balaban J connectivity index is 1.70. The van der Waals surface area contributed by atoms with Gasteiger partial charge in [-0.1, -0.05) is 61.9 Å². The summed E-state index contributed by atoms with van der Waals surface area (Å²) in [5.41, 5.74) is 1.56. The molecule has 1 aromatic carbocycles. The van der Waals surface area contributed by atoms with Gasteiger partial charge in [0.25, 0.3) is 0 Å². The van der Waals surface area contributed by atoms with E-state index in [1.807, 2.05) is 70.2 Å². The van der Waals surface area contributed by atoms with Crippen LogP contribution in [0.4, 0.5) is 0 Å². The van der Waals surface area contributed by atoms with Gasteiger partial charge in [-0.3, -0.25) is 14.4 Å². The van der Waals surface area contributed by atoms with Gasteiger partial charge >= 0.3 is 5.97 Å². The molecule has 2 aliphatic carbocycles. The van der Waals surface area contributed by atoms with Crippen molar-refractivity contribution in [1.82, 2.24) is 5.32 Å². The number of rotatable bonds is 3. The van der Waals surface area contributed by atoms with E-state index < -0.39 is 47.6 Å². The third-order valence-corrected chi connectivity index (χ3v) is 9.23. The van der Waals surface area contributed by atoms with Crippen LogP contribution in [0.2, 0.25) is 0 Å². The number of allylic oxidation sites excluding steroid dienone is 1. The van der Waals surface area contributed by atoms with Crippen molar-refractivity contribution in [3.05, 3.63) is 59.2 Å². The van der Waals surface area contributed by atoms with E-state index in [4.69, 9.17) is 9.47 Å². The summed E-state index contributed by atoms with van der Waals surface area (Å²) in [5.74, 6) is -2.28. The van der Waals surface area contributed by atoms with Gasteiger partial charge in [0, 0.05) is 36.6 Å². The van der Waals surface area contributed by atoms with Crippen molar-refractivity contribution in [2.75, 3.05) is 0 Å². The highest BCUT2D eigenvalue weighted by Crippen LogP contribution is 2.59. The first-order chi connectivity index (χ1) is 17.6. The van der Waals surface area contributed by atoms with Crippen molar-refractivity contribution < 1.29 is 29.0 Å². The number of epoxide rings is 1. The lowest BCUT2D eigenvalue weighted by Gasteiger charge is -2.50. The quantitative estimate of drug-likeness (QED) is 0.370. The second-order valence-corrected chi connectivity index (χ2v) is 11.4. The molecule has 4 aliphatic rings. The number of hydrogen-bond acceptors (Lipinski definition) is 6. The molecule has 1 amide bonds. The van der Waals surface area contributed by atoms with Gasteiger partial charge in [0.1, 0.15) is 23.4 Å². The summed E-state index contributed by atoms with van der Waals surface area (Å²) < 4.78 is 12.1. The Hall–Kier alpha value is -2.77. The molecule has 7 heteroatoms. The highest BCUT2D eigenvalue weighted by Gasteiger charge is 2.72. The van der Waals surface area contributed by atoms with E-state index in [1.54, 1.807) is 0 Å². The summed E-state index contributed by atoms with van der Waals surface area (Å²) in [6.07, 6.45) is 1.96. The fourth-order valence-corrected chi connectivity index (χ4v) is 7.23. The van der Waals surface area contributed by atoms with Crippen LogP contribution in [0.25, 0.3) is 0 Å². The Kier molecular flexibility index (Phi) is 6.65. The van der Waals surface area contributed by atoms with Crippen LogP contribution in [-0.4, -0.2) is 53.2 Å². The van der Waals surface area contributed by atoms with Gasteiger partial charge in [-0.15, -0.1) is 0 Å². The number of benzene rings is 1. The predicted molar refractivity (Wildman–Crippen MR) is 137 cm³/mol. The highest BCUT2D eigenvalue weighted by atomic mass is 16.6. The number of carbonyl (C=O) groups excluding carboxylic acids is 3. The van der Waals surface area contributed by atoms with E-state index >= 15 is 0 Å². The minimum absolute atomic E-state index is 0.0847. The molecule has 1 unspecified atom stereocenters. The monoisotopic (exact) mass is 507 g/mol. The van der Waals surface area contributed by atoms with Crippen molar-refractivity contribution >= 4 is 17.7 Å². The second-order valence-electron chi connectivity index (χ2n) is 11.4. The molecule has 0 saturated carbocycles. The SMILES string of the molecule is CC(=O)O[C@@H]1[C@@H]2O[C@@H]2[C@H](C)C(=O)C(C)C/C=C/[C@H]2[C@H](O)C(C)=C(C)[C@@H]3[C@H](Cc4ccccc4)NC(=O)[C@]132. The van der Waals surface area contributed by atoms with E-state index in [1.165, 1.54) is 6.92 Å². The lowest BCUT2D eigenvalue weighted by molar-refractivity contribution is -0.169. The first-order valence-corrected chi connectivity index (χ1v) is 13.3. The van der Waals surface area contributed by atoms with Gasteiger partial charge in [-0.05, 0) is 37.8 Å². The van der Waals surface area contributed by atoms with Gasteiger partial charge in [0.15, 0.2) is 0 Å². The number of aliphatic hydroxyl groups excluding tert-OH is 1. The molecule has 2 saturated heterocycles. The third-order valence-electron chi connectivity index (χ3n) is 9.23. The van der Waals surface area contributed by atoms with Crippen LogP contribution in [0.1, 0.15) is 46.6 Å². The maximum absolute atomic E-state index is 14.3. The topological polar surface area (TPSA) is 105 Å². The smallest absolute Gasteiger partial charge is 0.303 e. The average Bonchev–Trinajstić information content (AvgIpc) is 3.60. The van der Waals surface area contributed by atoms with Gasteiger partial charge in [0.2, 0.25) is 5.91 Å². The fraction of sp³-hybridized carbons (Fsp3) is 0.567. The van der Waals surface area contributed by atoms with E-state index in [2.05, 4.69) is 5.32 Å². The summed E-state index contributed by atoms with van der Waals surface area (Å²) in [6.45, 7) is 8.96. The Bertz CT molecular complexity index is 1160. The van der Waals surface area contributed by atoms with Crippen LogP contribution >= 0.6 is 0 Å². The molecule has 0 radical (unpaired) electrons. The minimum Gasteiger partial charge on any atom is -0.458 e. The molecule has 198 valence electrons. The van der Waals surface area contributed by atoms with Crippen LogP contribution < -0.4 is 5.32 Å². The van der Waals surface area contributed by atoms with Crippen molar-refractivity contribution in [3.63, 3.8) is 0 Å². The molecular weight excluding hydrogens is 470 g/mol. The first-order valence-electron chi connectivity index (χ1n) is 13.3. The number of hydrogen-bond donors (Lipinski definition) is 2. The number of amides is 1. The third kappa shape index (κ3) is 4.07. The number of ketones is 1. The van der Waals surface area contributed by atoms with Crippen LogP contribution in [0.5, 0.6) is 0 Å². The highest BCUT2D eigenvalue weighted by molar-refractivity contribution is 5.90. The van der Waals surface area contributed by atoms with Gasteiger partial charge in [0.05, 0.1) is 12.2 Å². The Morgan fingerprint density at radius 3 is 2.51 bits per heavy atom. The standard InChI is InChI=1S/C30H37NO6/c1-15-10-9-13-21-25(34)17(3)16(2)23-22(14-20-11-7-6-8-12-20)31-29(35)30(21,23)28(36-19(5)32)27-26(37-27)18(4)24(15)33/h6-9,11-13,15,18,21-23,25-28,34H,10,14H2,1-5H3,(H,31,35)/b13-9+/t15?,18-,21+,22+,23-,25-,26-,27-,28-,30+/m1/s1. The molecule has 1 aromatic rings. The van der Waals surface area contributed by atoms with Crippen LogP contribution in [-0.2, 0) is 30.3 Å². The van der Waals surface area contributed by atoms with E-state index in [0.29, 0.717) is 12.8 Å². The zero-order valence-corrected chi connectivity index (χ0v) is 22.1. The summed E-state index contributed by atoms with van der Waals surface area (Å²) in [7, 11) is 0. The first kappa shape index (κ1) is 25.9. The van der Waals surface area contributed by atoms with Crippen molar-refractivity contribution in [2.45, 2.75) is 77.9 Å². The molecule has 2 heterocycles. The Morgan fingerprint density at radius 2 is 1.84 bits per heavy atom. The molecule has 2 fully saturated rings. The molecule has 37 heavy (non-hydrogen) atoms. The number of ether oxygens (including phenoxy) is 2. The van der Waals surface area contributed by atoms with Gasteiger partial charge in [-0.25, -0.2) is 0 Å². The molecule has 10 atom stereocenters. The molecule has 7 nitrogen and oxygen atoms in total. The van der Waals surface area contributed by atoms with Crippen LogP contribution in [0.15, 0.2) is 53.6 Å². The minimum atomic E-state index is -1.28. The number of Topliss-reactive ketones (excluding diaryl/α,β-unsaturated/α-hetero) is 1. The number of esters is 1. The zero-order valence-electron chi connectivity index (χ0n) is 22.1. The lowest BCUT2D eigenvalue weighted by Crippen LogP contribution is -2.60. The van der Waals surface area contributed by atoms with Crippen molar-refractivity contribution in [3.8, 4) is 0 Å². The molecule has 5 rings (SSSR count). The number of aliphatic hydroxyl groups is 1. The molecular formula is C30H37NO6. The maximum Gasteiger partial charge on any atom is 0.303 e. The summed E-state index contributed by atoms with van der Waals surface area (Å²) in [4.78, 5) is 39.9. The van der Waals surface area contributed by atoms with E-state index in [0.717, 1.165) is 16.7 Å². The van der Waals surface area contributed by atoms with Crippen molar-refractivity contribution in [1.29, 1.82) is 0 Å². The normalized spacial score (nSPS) is 42.1. The van der Waals surface area contributed by atoms with Crippen LogP contribution in [0, 0.1) is 29.1 Å². The van der Waals surface area contributed by atoms with Gasteiger partial charge in [-0.2, -0.15) is 0 Å². The Morgan fingerprint density at radius 1 is 1.14 bits per heavy atom. The molecule has 2 aliphatic heterocycles. The van der Waals surface area contributed by atoms with Gasteiger partial charge < -0.3 is 19.9 Å². The number of nitrogens with one attached hydrogen (secondary N) is 1. The molecule has 0 bridgehead atoms. The predicted octanol–water partition coefficient (Wildman–Crippen LogP) is 3.16. The fourth-order valence-electron chi connectivity index (χ4n) is 7.23. The molecule has 1 spiro atoms. The van der Waals surface area contributed by atoms with E-state index in [9.17, 15) is 19.5 Å². The number of fused-ring (bicyclic) bond motifs is 1. The molecule has 0 aromatic heterocycles. The summed E-state index contributed by atoms with van der Waals surface area (Å²) >= 11 is 0.